The Morgan fingerprint density at radius 2 is 1.38 bits per heavy atom. The number of para-hydroxylation sites is 1. The number of carbonyl (C=O) groups excluding carboxylic acids is 7. The van der Waals surface area contributed by atoms with E-state index in [1.807, 2.05) is 122 Å². The Balaban J connectivity index is 1.51. The molecule has 2 aliphatic rings. The Morgan fingerprint density at radius 3 is 2.07 bits per heavy atom. The summed E-state index contributed by atoms with van der Waals surface area (Å²) in [6.07, 6.45) is 11.1. The monoisotopic (exact) mass is 1040 g/mol. The van der Waals surface area contributed by atoms with E-state index in [-0.39, 0.29) is 62.8 Å². The van der Waals surface area contributed by atoms with E-state index in [0.29, 0.717) is 29.7 Å². The van der Waals surface area contributed by atoms with Gasteiger partial charge in [0, 0.05) is 62.2 Å². The van der Waals surface area contributed by atoms with Gasteiger partial charge in [-0.15, -0.1) is 6.58 Å². The predicted octanol–water partition coefficient (Wildman–Crippen LogP) is 6.30. The Bertz CT molecular complexity index is 2820. The summed E-state index contributed by atoms with van der Waals surface area (Å²) in [5, 5.41) is 13.6. The van der Waals surface area contributed by atoms with Gasteiger partial charge in [-0.2, -0.15) is 0 Å². The summed E-state index contributed by atoms with van der Waals surface area (Å²) < 4.78 is 2.08. The average molecular weight is 1040 g/mol. The molecule has 2 bridgehead atoms. The molecule has 0 unspecified atom stereocenters. The first-order valence-corrected chi connectivity index (χ1v) is 27.1. The molecule has 4 aromatic rings. The molecule has 1 saturated heterocycles. The number of carbonyl (C=O) groups is 7. The molecule has 0 spiro atoms. The number of fused-ring (bicyclic) bond motifs is 4. The van der Waals surface area contributed by atoms with Crippen LogP contribution in [0.4, 0.5) is 0 Å². The van der Waals surface area contributed by atoms with Crippen LogP contribution in [0.1, 0.15) is 118 Å². The summed E-state index contributed by atoms with van der Waals surface area (Å²) in [6.45, 7) is 23.4. The molecular formula is C59H82N10O7. The van der Waals surface area contributed by atoms with E-state index in [2.05, 4.69) is 42.4 Å². The number of rotatable bonds is 13. The van der Waals surface area contributed by atoms with E-state index in [4.69, 9.17) is 0 Å². The standard InChI is InChI=1S/C59H82N10O7/c1-14-59(10,11)69-34-42(43-20-17-18-21-48(43)69)32-47-57(75)67(13)50(28-36(4)5)54(72)64-46(31-40-24-25-41-33-60-39(9)62-45(41)30-40)53(71)61-38(8)56(74)66(12)49-22-16-15-19-27-68(58(49)76)51(29-37(6)7)55(73)63-44(52(70)65-47)26-23-35(2)3/h14-18,20-21,24-25,30,33-38,44,46-47,49-51H,1,19,22-23,26-29,31-32H2,2-13H3,(H,61,71)(H,63,73)(H,64,72)(H,65,70)/b16-15-/t38-,44-,46-,47-,49-,50-,51-/m0/s1. The zero-order valence-electron chi connectivity index (χ0n) is 46.8. The highest BCUT2D eigenvalue weighted by molar-refractivity contribution is 5.99. The first-order valence-electron chi connectivity index (χ1n) is 27.1. The zero-order chi connectivity index (χ0) is 55.8. The summed E-state index contributed by atoms with van der Waals surface area (Å²) in [5.41, 5.74) is 2.42. The van der Waals surface area contributed by atoms with Gasteiger partial charge in [0.25, 0.3) is 0 Å². The lowest BCUT2D eigenvalue weighted by Gasteiger charge is -2.38. The minimum absolute atomic E-state index is 0.0130. The summed E-state index contributed by atoms with van der Waals surface area (Å²) in [7, 11) is 3.04. The number of nitrogens with one attached hydrogen (secondary N) is 4. The minimum atomic E-state index is -1.26. The van der Waals surface area contributed by atoms with Gasteiger partial charge in [0.15, 0.2) is 0 Å². The highest BCUT2D eigenvalue weighted by atomic mass is 16.2. The van der Waals surface area contributed by atoms with Crippen molar-refractivity contribution in [3.8, 4) is 0 Å². The van der Waals surface area contributed by atoms with Crippen LogP contribution >= 0.6 is 0 Å². The third-order valence-electron chi connectivity index (χ3n) is 14.8. The smallest absolute Gasteiger partial charge is 0.246 e. The second-order valence-electron chi connectivity index (χ2n) is 22.7. The van der Waals surface area contributed by atoms with Gasteiger partial charge in [-0.05, 0) is 107 Å². The molecule has 6 rings (SSSR count). The molecule has 76 heavy (non-hydrogen) atoms. The Kier molecular flexibility index (Phi) is 19.4. The van der Waals surface area contributed by atoms with Crippen molar-refractivity contribution in [3.05, 3.63) is 96.6 Å². The van der Waals surface area contributed by atoms with Gasteiger partial charge in [0.05, 0.1) is 11.1 Å². The van der Waals surface area contributed by atoms with Crippen molar-refractivity contribution in [1.82, 2.24) is 50.5 Å². The van der Waals surface area contributed by atoms with Gasteiger partial charge in [0.1, 0.15) is 48.1 Å². The van der Waals surface area contributed by atoms with Gasteiger partial charge in [0.2, 0.25) is 41.4 Å². The molecule has 2 aromatic heterocycles. The van der Waals surface area contributed by atoms with Crippen LogP contribution in [0.15, 0.2) is 79.7 Å². The lowest BCUT2D eigenvalue weighted by molar-refractivity contribution is -0.150. The van der Waals surface area contributed by atoms with E-state index in [1.165, 1.54) is 35.7 Å². The maximum absolute atomic E-state index is 15.5. The van der Waals surface area contributed by atoms with Crippen LogP contribution in [0.5, 0.6) is 0 Å². The van der Waals surface area contributed by atoms with Gasteiger partial charge < -0.3 is 40.5 Å². The number of likely N-dealkylation sites (N-methyl/N-ethyl adjacent to an activating group) is 2. The number of allylic oxidation sites excluding steroid dienone is 1. The highest BCUT2D eigenvalue weighted by Crippen LogP contribution is 2.30. The molecule has 17 heteroatoms. The number of nitrogens with zero attached hydrogens (tertiary/aromatic N) is 6. The lowest BCUT2D eigenvalue weighted by Crippen LogP contribution is -2.61. The van der Waals surface area contributed by atoms with Crippen LogP contribution < -0.4 is 21.3 Å². The molecular weight excluding hydrogens is 961 g/mol. The van der Waals surface area contributed by atoms with E-state index >= 15 is 14.4 Å². The normalized spacial score (nSPS) is 23.8. The van der Waals surface area contributed by atoms with Gasteiger partial charge in [-0.3, -0.25) is 33.6 Å². The van der Waals surface area contributed by atoms with E-state index < -0.39 is 89.2 Å². The van der Waals surface area contributed by atoms with Crippen molar-refractivity contribution in [2.24, 2.45) is 17.8 Å². The second kappa shape index (κ2) is 25.3. The fraction of sp³-hybridized carbons (Fsp3) is 0.542. The maximum Gasteiger partial charge on any atom is 0.246 e. The molecule has 0 radical (unpaired) electrons. The number of benzene rings is 2. The Hall–Kier alpha value is -6.91. The second-order valence-corrected chi connectivity index (χ2v) is 22.7. The fourth-order valence-electron chi connectivity index (χ4n) is 10.3. The lowest BCUT2D eigenvalue weighted by atomic mass is 9.96. The van der Waals surface area contributed by atoms with E-state index in [9.17, 15) is 19.2 Å². The van der Waals surface area contributed by atoms with Crippen molar-refractivity contribution < 1.29 is 33.6 Å². The molecule has 4 N–H and O–H groups in total. The fourth-order valence-corrected chi connectivity index (χ4v) is 10.3. The number of aromatic nitrogens is 3. The maximum atomic E-state index is 15.5. The van der Waals surface area contributed by atoms with Gasteiger partial charge >= 0.3 is 0 Å². The van der Waals surface area contributed by atoms with Crippen molar-refractivity contribution >= 4 is 63.2 Å². The van der Waals surface area contributed by atoms with Crippen molar-refractivity contribution in [1.29, 1.82) is 0 Å². The molecule has 4 heterocycles. The molecule has 2 aliphatic heterocycles. The van der Waals surface area contributed by atoms with Crippen LogP contribution in [-0.4, -0.2) is 134 Å². The summed E-state index contributed by atoms with van der Waals surface area (Å²) in [4.78, 5) is 118. The first-order chi connectivity index (χ1) is 35.9. The molecule has 1 fully saturated rings. The molecule has 7 atom stereocenters. The SMILES string of the molecule is C=CC(C)(C)n1cc(C[C@@H]2NC(=O)[C@H](CCC(C)C)NC(=O)[C@H](CC(C)C)N3CC/C=C\C[C@@H](C3=O)N(C)C(=O)[C@H](C)NC(=O)[C@H](Cc3ccc4cnc(C)nc4c3)NC(=O)[C@H](CC(C)C)N(C)C2=O)c2ccccc21. The third-order valence-corrected chi connectivity index (χ3v) is 14.8. The highest BCUT2D eigenvalue weighted by Gasteiger charge is 2.41. The number of amides is 7. The Morgan fingerprint density at radius 1 is 0.737 bits per heavy atom. The minimum Gasteiger partial charge on any atom is -0.343 e. The topological polar surface area (TPSA) is 208 Å². The third kappa shape index (κ3) is 14.1. The van der Waals surface area contributed by atoms with Crippen LogP contribution in [0.3, 0.4) is 0 Å². The van der Waals surface area contributed by atoms with Gasteiger partial charge in [-0.1, -0.05) is 90.1 Å². The average Bonchev–Trinajstić information content (AvgIpc) is 3.74. The summed E-state index contributed by atoms with van der Waals surface area (Å²) in [5.74, 6) is -3.46. The van der Waals surface area contributed by atoms with E-state index in [0.717, 1.165) is 21.9 Å². The largest absolute Gasteiger partial charge is 0.343 e. The van der Waals surface area contributed by atoms with Crippen LogP contribution in [-0.2, 0) is 51.9 Å². The molecule has 410 valence electrons. The molecule has 2 aromatic carbocycles. The molecule has 0 aliphatic carbocycles. The van der Waals surface area contributed by atoms with Crippen molar-refractivity contribution in [2.75, 3.05) is 20.6 Å². The summed E-state index contributed by atoms with van der Waals surface area (Å²) >= 11 is 0. The summed E-state index contributed by atoms with van der Waals surface area (Å²) in [6, 6.07) is 5.30. The molecule has 17 nitrogen and oxygen atoms in total. The van der Waals surface area contributed by atoms with Crippen LogP contribution in [0, 0.1) is 24.7 Å². The Labute approximate surface area is 449 Å². The van der Waals surface area contributed by atoms with Crippen LogP contribution in [0.2, 0.25) is 0 Å². The predicted molar refractivity (Wildman–Crippen MR) is 297 cm³/mol. The van der Waals surface area contributed by atoms with E-state index in [1.54, 1.807) is 13.1 Å². The van der Waals surface area contributed by atoms with Crippen LogP contribution in [0.25, 0.3) is 21.8 Å². The molecule has 0 saturated carbocycles. The zero-order valence-corrected chi connectivity index (χ0v) is 46.8. The van der Waals surface area contributed by atoms with Crippen molar-refractivity contribution in [2.45, 2.75) is 168 Å². The number of hydrogen-bond donors (Lipinski definition) is 4. The number of aryl methyl sites for hydroxylation is 1. The molecule has 7 amide bonds. The first kappa shape index (κ1) is 58.4. The van der Waals surface area contributed by atoms with Gasteiger partial charge in [-0.25, -0.2) is 9.97 Å². The number of hydrogen-bond acceptors (Lipinski definition) is 9. The van der Waals surface area contributed by atoms with Crippen molar-refractivity contribution in [3.63, 3.8) is 0 Å². The quantitative estimate of drug-likeness (QED) is 0.111.